The average molecular weight is 275 g/mol. The molecular weight excluding hydrogens is 246 g/mol. The molecule has 1 aromatic rings. The van der Waals surface area contributed by atoms with Gasteiger partial charge in [0.25, 0.3) is 0 Å². The van der Waals surface area contributed by atoms with Crippen molar-refractivity contribution in [3.05, 3.63) is 29.8 Å². The number of aryl methyl sites for hydroxylation is 1. The van der Waals surface area contributed by atoms with E-state index >= 15 is 0 Å². The summed E-state index contributed by atoms with van der Waals surface area (Å²) in [6.45, 7) is 9.24. The summed E-state index contributed by atoms with van der Waals surface area (Å²) in [6, 6.07) is 8.98. The third-order valence-electron chi connectivity index (χ3n) is 4.43. The van der Waals surface area contributed by atoms with Crippen LogP contribution in [0.1, 0.15) is 51.5 Å². The van der Waals surface area contributed by atoms with Crippen LogP contribution in [0.3, 0.4) is 0 Å². The number of hydrogen-bond donors (Lipinski definition) is 0. The quantitative estimate of drug-likeness (QED) is 0.762. The Morgan fingerprint density at radius 3 is 2.45 bits per heavy atom. The summed E-state index contributed by atoms with van der Waals surface area (Å²) in [4.78, 5) is 2.64. The van der Waals surface area contributed by atoms with Gasteiger partial charge in [-0.1, -0.05) is 24.6 Å². The molecule has 1 aliphatic heterocycles. The summed E-state index contributed by atoms with van der Waals surface area (Å²) in [6.07, 6.45) is 6.82. The number of piperidine rings is 1. The topological polar surface area (TPSA) is 12.5 Å². The molecule has 1 saturated heterocycles. The predicted octanol–water partition coefficient (Wildman–Crippen LogP) is 4.42. The fraction of sp³-hybridized carbons (Fsp3) is 0.667. The van der Waals surface area contributed by atoms with Crippen LogP contribution in [-0.2, 0) is 0 Å². The molecule has 0 aliphatic carbocycles. The van der Waals surface area contributed by atoms with Crippen LogP contribution in [0, 0.1) is 6.92 Å². The Bertz CT molecular complexity index is 398. The van der Waals surface area contributed by atoms with Crippen molar-refractivity contribution in [1.82, 2.24) is 4.90 Å². The minimum absolute atomic E-state index is 0.295. The Morgan fingerprint density at radius 2 is 1.75 bits per heavy atom. The Morgan fingerprint density at radius 1 is 1.05 bits per heavy atom. The van der Waals surface area contributed by atoms with E-state index in [1.54, 1.807) is 0 Å². The lowest BCUT2D eigenvalue weighted by atomic mass is 10.0. The molecule has 0 bridgehead atoms. The van der Waals surface area contributed by atoms with Crippen molar-refractivity contribution in [3.8, 4) is 5.75 Å². The van der Waals surface area contributed by atoms with Crippen molar-refractivity contribution < 1.29 is 4.74 Å². The number of benzene rings is 1. The smallest absolute Gasteiger partial charge is 0.122 e. The van der Waals surface area contributed by atoms with Gasteiger partial charge in [-0.15, -0.1) is 0 Å². The van der Waals surface area contributed by atoms with Crippen molar-refractivity contribution in [3.63, 3.8) is 0 Å². The van der Waals surface area contributed by atoms with Gasteiger partial charge in [-0.25, -0.2) is 0 Å². The predicted molar refractivity (Wildman–Crippen MR) is 85.4 cm³/mol. The van der Waals surface area contributed by atoms with Crippen molar-refractivity contribution >= 4 is 0 Å². The number of ether oxygens (including phenoxy) is 1. The summed E-state index contributed by atoms with van der Waals surface area (Å²) in [5, 5.41) is 0. The minimum Gasteiger partial charge on any atom is -0.490 e. The number of rotatable bonds is 6. The molecule has 1 fully saturated rings. The van der Waals surface area contributed by atoms with Crippen molar-refractivity contribution in [1.29, 1.82) is 0 Å². The Kier molecular flexibility index (Phi) is 5.90. The normalized spacial score (nSPS) is 19.6. The highest BCUT2D eigenvalue weighted by molar-refractivity contribution is 5.31. The van der Waals surface area contributed by atoms with Crippen molar-refractivity contribution in [2.24, 2.45) is 0 Å². The Hall–Kier alpha value is -1.02. The van der Waals surface area contributed by atoms with Gasteiger partial charge < -0.3 is 9.64 Å². The molecule has 2 nitrogen and oxygen atoms in total. The lowest BCUT2D eigenvalue weighted by molar-refractivity contribution is 0.142. The van der Waals surface area contributed by atoms with Crippen LogP contribution in [0.5, 0.6) is 5.75 Å². The Labute approximate surface area is 124 Å². The van der Waals surface area contributed by atoms with Gasteiger partial charge in [-0.2, -0.15) is 0 Å². The second-order valence-electron chi connectivity index (χ2n) is 6.22. The molecule has 112 valence electrons. The minimum atomic E-state index is 0.295. The maximum atomic E-state index is 6.06. The van der Waals surface area contributed by atoms with Crippen LogP contribution in [0.2, 0.25) is 0 Å². The number of nitrogens with zero attached hydrogens (tertiary/aromatic N) is 1. The third-order valence-corrected chi connectivity index (χ3v) is 4.43. The van der Waals surface area contributed by atoms with E-state index in [4.69, 9.17) is 4.74 Å². The fourth-order valence-electron chi connectivity index (χ4n) is 2.98. The van der Waals surface area contributed by atoms with Crippen LogP contribution in [0.4, 0.5) is 0 Å². The fourth-order valence-corrected chi connectivity index (χ4v) is 2.98. The Balaban J connectivity index is 1.74. The van der Waals surface area contributed by atoms with Gasteiger partial charge in [0.05, 0.1) is 6.10 Å². The molecule has 0 radical (unpaired) electrons. The van der Waals surface area contributed by atoms with Gasteiger partial charge in [0.15, 0.2) is 0 Å². The third kappa shape index (κ3) is 4.52. The van der Waals surface area contributed by atoms with E-state index in [0.29, 0.717) is 12.1 Å². The van der Waals surface area contributed by atoms with Gasteiger partial charge in [0.1, 0.15) is 5.75 Å². The molecule has 0 saturated carbocycles. The van der Waals surface area contributed by atoms with E-state index in [9.17, 15) is 0 Å². The van der Waals surface area contributed by atoms with E-state index in [1.165, 1.54) is 44.3 Å². The van der Waals surface area contributed by atoms with Gasteiger partial charge in [0, 0.05) is 6.04 Å². The average Bonchev–Trinajstić information content (AvgIpc) is 2.48. The summed E-state index contributed by atoms with van der Waals surface area (Å²) in [5.74, 6) is 1.03. The molecule has 0 N–H and O–H groups in total. The van der Waals surface area contributed by atoms with Gasteiger partial charge in [-0.3, -0.25) is 0 Å². The van der Waals surface area contributed by atoms with Crippen LogP contribution in [0.15, 0.2) is 24.3 Å². The second kappa shape index (κ2) is 7.68. The molecule has 0 spiro atoms. The molecule has 0 aromatic heterocycles. The molecule has 1 heterocycles. The SMILES string of the molecule is Cc1ccccc1OC(C)CCC(C)N1CCCCC1. The van der Waals surface area contributed by atoms with Crippen LogP contribution < -0.4 is 4.74 Å². The molecule has 2 heteroatoms. The molecule has 2 rings (SSSR count). The van der Waals surface area contributed by atoms with Crippen LogP contribution in [0.25, 0.3) is 0 Å². The zero-order valence-electron chi connectivity index (χ0n) is 13.3. The first-order chi connectivity index (χ1) is 9.66. The summed E-state index contributed by atoms with van der Waals surface area (Å²) in [5.41, 5.74) is 1.23. The maximum absolute atomic E-state index is 6.06. The van der Waals surface area contributed by atoms with Gasteiger partial charge in [0.2, 0.25) is 0 Å². The van der Waals surface area contributed by atoms with Crippen LogP contribution >= 0.6 is 0 Å². The van der Waals surface area contributed by atoms with Gasteiger partial charge >= 0.3 is 0 Å². The molecule has 20 heavy (non-hydrogen) atoms. The first kappa shape index (κ1) is 15.4. The van der Waals surface area contributed by atoms with Crippen LogP contribution in [-0.4, -0.2) is 30.1 Å². The first-order valence-electron chi connectivity index (χ1n) is 8.13. The molecular formula is C18H29NO. The van der Waals surface area contributed by atoms with Crippen molar-refractivity contribution in [2.75, 3.05) is 13.1 Å². The highest BCUT2D eigenvalue weighted by Crippen LogP contribution is 2.21. The zero-order valence-corrected chi connectivity index (χ0v) is 13.3. The van der Waals surface area contributed by atoms with E-state index in [-0.39, 0.29) is 0 Å². The number of likely N-dealkylation sites (tertiary alicyclic amines) is 1. The molecule has 2 unspecified atom stereocenters. The van der Waals surface area contributed by atoms with E-state index < -0.39 is 0 Å². The van der Waals surface area contributed by atoms with E-state index in [1.807, 2.05) is 6.07 Å². The summed E-state index contributed by atoms with van der Waals surface area (Å²) < 4.78 is 6.06. The van der Waals surface area contributed by atoms with Gasteiger partial charge in [-0.05, 0) is 71.2 Å². The summed E-state index contributed by atoms with van der Waals surface area (Å²) in [7, 11) is 0. The van der Waals surface area contributed by atoms with Crippen molar-refractivity contribution in [2.45, 2.75) is 65.0 Å². The lowest BCUT2D eigenvalue weighted by Gasteiger charge is -2.33. The number of para-hydroxylation sites is 1. The highest BCUT2D eigenvalue weighted by Gasteiger charge is 2.17. The molecule has 0 amide bonds. The zero-order chi connectivity index (χ0) is 14.4. The summed E-state index contributed by atoms with van der Waals surface area (Å²) >= 11 is 0. The molecule has 1 aromatic carbocycles. The second-order valence-corrected chi connectivity index (χ2v) is 6.22. The number of hydrogen-bond acceptors (Lipinski definition) is 2. The highest BCUT2D eigenvalue weighted by atomic mass is 16.5. The standard InChI is InChI=1S/C18H29NO/c1-15-9-5-6-10-18(15)20-17(3)12-11-16(2)19-13-7-4-8-14-19/h5-6,9-10,16-17H,4,7-8,11-14H2,1-3H3. The first-order valence-corrected chi connectivity index (χ1v) is 8.13. The monoisotopic (exact) mass is 275 g/mol. The van der Waals surface area contributed by atoms with E-state index in [2.05, 4.69) is 43.9 Å². The molecule has 2 atom stereocenters. The lowest BCUT2D eigenvalue weighted by Crippen LogP contribution is -2.37. The maximum Gasteiger partial charge on any atom is 0.122 e. The molecule has 1 aliphatic rings. The largest absolute Gasteiger partial charge is 0.490 e. The van der Waals surface area contributed by atoms with E-state index in [0.717, 1.165) is 12.2 Å².